The fourth-order valence-corrected chi connectivity index (χ4v) is 3.23. The van der Waals surface area contributed by atoms with Gasteiger partial charge in [0.2, 0.25) is 5.91 Å². The largest absolute Gasteiger partial charge is 0.381 e. The Hall–Kier alpha value is -0.750. The summed E-state index contributed by atoms with van der Waals surface area (Å²) >= 11 is 7.54. The zero-order valence-electron chi connectivity index (χ0n) is 11.9. The van der Waals surface area contributed by atoms with Crippen LogP contribution in [0, 0.1) is 5.41 Å². The summed E-state index contributed by atoms with van der Waals surface area (Å²) in [7, 11) is 0. The molecule has 1 amide bonds. The van der Waals surface area contributed by atoms with E-state index < -0.39 is 5.41 Å². The molecule has 1 aliphatic rings. The molecule has 1 heterocycles. The first-order chi connectivity index (χ1) is 10.2. The van der Waals surface area contributed by atoms with Gasteiger partial charge in [0.15, 0.2) is 0 Å². The Morgan fingerprint density at radius 3 is 2.62 bits per heavy atom. The highest BCUT2D eigenvalue weighted by Crippen LogP contribution is 2.29. The summed E-state index contributed by atoms with van der Waals surface area (Å²) in [6.07, 6.45) is 1.42. The Balaban J connectivity index is 1.74. The van der Waals surface area contributed by atoms with E-state index >= 15 is 0 Å². The summed E-state index contributed by atoms with van der Waals surface area (Å²) in [4.78, 5) is 13.5. The number of carbonyl (C=O) groups is 1. The highest BCUT2D eigenvalue weighted by molar-refractivity contribution is 7.99. The molecule has 3 N–H and O–H groups in total. The maximum atomic E-state index is 12.3. The third kappa shape index (κ3) is 4.61. The van der Waals surface area contributed by atoms with Crippen LogP contribution in [0.4, 0.5) is 0 Å². The molecule has 0 unspecified atom stereocenters. The van der Waals surface area contributed by atoms with E-state index in [4.69, 9.17) is 22.1 Å². The molecule has 0 spiro atoms. The van der Waals surface area contributed by atoms with E-state index in [9.17, 15) is 4.79 Å². The molecule has 2 rings (SSSR count). The minimum absolute atomic E-state index is 0.0602. The molecule has 1 saturated heterocycles. The monoisotopic (exact) mass is 328 g/mol. The van der Waals surface area contributed by atoms with Crippen molar-refractivity contribution in [3.8, 4) is 0 Å². The van der Waals surface area contributed by atoms with Crippen molar-refractivity contribution in [1.82, 2.24) is 5.32 Å². The van der Waals surface area contributed by atoms with E-state index in [2.05, 4.69) is 5.32 Å². The number of ether oxygens (including phenoxy) is 1. The van der Waals surface area contributed by atoms with Crippen LogP contribution in [0.15, 0.2) is 29.2 Å². The number of nitrogens with two attached hydrogens (primary N) is 1. The fourth-order valence-electron chi connectivity index (χ4n) is 2.34. The second-order valence-corrected chi connectivity index (χ2v) is 6.76. The van der Waals surface area contributed by atoms with Crippen LogP contribution in [0.3, 0.4) is 0 Å². The summed E-state index contributed by atoms with van der Waals surface area (Å²) in [6, 6.07) is 7.70. The molecule has 0 bridgehead atoms. The topological polar surface area (TPSA) is 64.4 Å². The van der Waals surface area contributed by atoms with Crippen molar-refractivity contribution in [2.75, 3.05) is 32.1 Å². The predicted molar refractivity (Wildman–Crippen MR) is 86.7 cm³/mol. The maximum Gasteiger partial charge on any atom is 0.227 e. The van der Waals surface area contributed by atoms with Crippen molar-refractivity contribution in [2.45, 2.75) is 17.7 Å². The second kappa shape index (κ2) is 8.03. The van der Waals surface area contributed by atoms with Crippen molar-refractivity contribution in [3.05, 3.63) is 29.3 Å². The van der Waals surface area contributed by atoms with Crippen LogP contribution in [0.25, 0.3) is 0 Å². The van der Waals surface area contributed by atoms with Gasteiger partial charge >= 0.3 is 0 Å². The lowest BCUT2D eigenvalue weighted by Gasteiger charge is -2.34. The van der Waals surface area contributed by atoms with Gasteiger partial charge in [0, 0.05) is 42.0 Å². The van der Waals surface area contributed by atoms with Crippen LogP contribution in [0.2, 0.25) is 5.02 Å². The lowest BCUT2D eigenvalue weighted by Crippen LogP contribution is -2.49. The lowest BCUT2D eigenvalue weighted by atomic mass is 9.79. The molecule has 1 aromatic carbocycles. The van der Waals surface area contributed by atoms with Gasteiger partial charge in [0.1, 0.15) is 0 Å². The number of hydrogen-bond acceptors (Lipinski definition) is 4. The van der Waals surface area contributed by atoms with E-state index in [-0.39, 0.29) is 5.91 Å². The molecule has 0 atom stereocenters. The van der Waals surface area contributed by atoms with Gasteiger partial charge in [-0.15, -0.1) is 11.8 Å². The number of hydrogen-bond donors (Lipinski definition) is 2. The van der Waals surface area contributed by atoms with Gasteiger partial charge in [0.05, 0.1) is 5.41 Å². The highest BCUT2D eigenvalue weighted by Gasteiger charge is 2.38. The summed E-state index contributed by atoms with van der Waals surface area (Å²) < 4.78 is 5.32. The number of carbonyl (C=O) groups excluding carboxylic acids is 1. The smallest absolute Gasteiger partial charge is 0.227 e. The van der Waals surface area contributed by atoms with Crippen molar-refractivity contribution < 1.29 is 9.53 Å². The number of nitrogens with one attached hydrogen (secondary N) is 1. The van der Waals surface area contributed by atoms with Crippen LogP contribution in [0.1, 0.15) is 12.8 Å². The third-order valence-electron chi connectivity index (χ3n) is 3.79. The highest BCUT2D eigenvalue weighted by atomic mass is 35.5. The summed E-state index contributed by atoms with van der Waals surface area (Å²) in [5.41, 5.74) is 5.37. The van der Waals surface area contributed by atoms with E-state index in [0.29, 0.717) is 39.1 Å². The van der Waals surface area contributed by atoms with Crippen molar-refractivity contribution in [3.63, 3.8) is 0 Å². The van der Waals surface area contributed by atoms with E-state index in [1.54, 1.807) is 11.8 Å². The van der Waals surface area contributed by atoms with Crippen LogP contribution in [-0.4, -0.2) is 38.0 Å². The normalized spacial score (nSPS) is 17.4. The van der Waals surface area contributed by atoms with Gasteiger partial charge in [-0.2, -0.15) is 0 Å². The number of rotatable bonds is 6. The minimum atomic E-state index is -0.441. The minimum Gasteiger partial charge on any atom is -0.381 e. The number of thioether (sulfide) groups is 1. The second-order valence-electron chi connectivity index (χ2n) is 5.16. The van der Waals surface area contributed by atoms with Crippen molar-refractivity contribution in [1.29, 1.82) is 0 Å². The quantitative estimate of drug-likeness (QED) is 0.621. The van der Waals surface area contributed by atoms with E-state index in [1.807, 2.05) is 24.3 Å². The first-order valence-corrected chi connectivity index (χ1v) is 8.47. The molecule has 116 valence electrons. The number of benzene rings is 1. The Morgan fingerprint density at radius 2 is 2.00 bits per heavy atom. The predicted octanol–water partition coefficient (Wildman–Crippen LogP) is 2.30. The van der Waals surface area contributed by atoms with Gasteiger partial charge in [-0.25, -0.2) is 0 Å². The number of halogens is 1. The molecule has 0 radical (unpaired) electrons. The maximum absolute atomic E-state index is 12.3. The van der Waals surface area contributed by atoms with Gasteiger partial charge < -0.3 is 15.8 Å². The third-order valence-corrected chi connectivity index (χ3v) is 5.06. The molecular formula is C15H21ClN2O2S. The molecule has 0 aliphatic carbocycles. The average molecular weight is 329 g/mol. The van der Waals surface area contributed by atoms with E-state index in [1.165, 1.54) is 0 Å². The van der Waals surface area contributed by atoms with Crippen LogP contribution in [0.5, 0.6) is 0 Å². The van der Waals surface area contributed by atoms with Gasteiger partial charge in [-0.3, -0.25) is 4.79 Å². The molecule has 6 heteroatoms. The summed E-state index contributed by atoms with van der Waals surface area (Å²) in [5, 5.41) is 3.74. The van der Waals surface area contributed by atoms with Gasteiger partial charge in [-0.05, 0) is 37.1 Å². The van der Waals surface area contributed by atoms with Gasteiger partial charge in [0.25, 0.3) is 0 Å². The summed E-state index contributed by atoms with van der Waals surface area (Å²) in [6.45, 7) is 2.25. The first kappa shape index (κ1) is 16.6. The first-order valence-electron chi connectivity index (χ1n) is 7.11. The molecular weight excluding hydrogens is 308 g/mol. The SMILES string of the molecule is NCC1(C(=O)NCCSc2ccc(Cl)cc2)CCOCC1. The van der Waals surface area contributed by atoms with Crippen LogP contribution < -0.4 is 11.1 Å². The molecule has 1 fully saturated rings. The standard InChI is InChI=1S/C15H21ClN2O2S/c16-12-1-3-13(4-2-12)21-10-7-18-14(19)15(11-17)5-8-20-9-6-15/h1-4H,5-11,17H2,(H,18,19). The molecule has 1 aromatic rings. The number of amides is 1. The zero-order valence-corrected chi connectivity index (χ0v) is 13.5. The Morgan fingerprint density at radius 1 is 1.33 bits per heavy atom. The van der Waals surface area contributed by atoms with E-state index in [0.717, 1.165) is 15.7 Å². The zero-order chi connectivity index (χ0) is 15.1. The molecule has 21 heavy (non-hydrogen) atoms. The molecule has 1 aliphatic heterocycles. The Kier molecular flexibility index (Phi) is 6.36. The van der Waals surface area contributed by atoms with Crippen LogP contribution >= 0.6 is 23.4 Å². The van der Waals surface area contributed by atoms with Crippen LogP contribution in [-0.2, 0) is 9.53 Å². The fraction of sp³-hybridized carbons (Fsp3) is 0.533. The Labute approximate surface area is 134 Å². The summed E-state index contributed by atoms with van der Waals surface area (Å²) in [5.74, 6) is 0.884. The molecule has 4 nitrogen and oxygen atoms in total. The van der Waals surface area contributed by atoms with Gasteiger partial charge in [-0.1, -0.05) is 11.6 Å². The molecule has 0 aromatic heterocycles. The molecule has 0 saturated carbocycles. The lowest BCUT2D eigenvalue weighted by molar-refractivity contribution is -0.135. The Bertz CT molecular complexity index is 461. The van der Waals surface area contributed by atoms with Crippen molar-refractivity contribution >= 4 is 29.3 Å². The average Bonchev–Trinajstić information content (AvgIpc) is 2.53. The van der Waals surface area contributed by atoms with Crippen molar-refractivity contribution in [2.24, 2.45) is 11.1 Å².